The molecule has 0 radical (unpaired) electrons. The van der Waals surface area contributed by atoms with Gasteiger partial charge in [0.25, 0.3) is 0 Å². The Morgan fingerprint density at radius 2 is 2.06 bits per heavy atom. The van der Waals surface area contributed by atoms with E-state index in [9.17, 15) is 9.59 Å². The normalized spacial score (nSPS) is 23.9. The minimum absolute atomic E-state index is 0.0469. The van der Waals surface area contributed by atoms with E-state index in [-0.39, 0.29) is 23.6 Å². The number of benzene rings is 1. The number of ketones is 2. The van der Waals surface area contributed by atoms with Crippen molar-refractivity contribution in [2.24, 2.45) is 5.92 Å². The van der Waals surface area contributed by atoms with Gasteiger partial charge >= 0.3 is 0 Å². The largest absolute Gasteiger partial charge is 0.381 e. The molecule has 2 atom stereocenters. The summed E-state index contributed by atoms with van der Waals surface area (Å²) in [6, 6.07) is 9.15. The van der Waals surface area contributed by atoms with Crippen LogP contribution in [-0.4, -0.2) is 24.8 Å². The van der Waals surface area contributed by atoms with Crippen LogP contribution in [0.4, 0.5) is 0 Å². The molecule has 0 saturated heterocycles. The molecule has 18 heavy (non-hydrogen) atoms. The van der Waals surface area contributed by atoms with Crippen LogP contribution in [-0.2, 0) is 9.53 Å². The highest BCUT2D eigenvalue weighted by Crippen LogP contribution is 2.26. The SMILES string of the molecule is CO[C@H]1CCC(=O)[C@@H](CC(=O)c2ccccc2)C1. The molecule has 1 aromatic rings. The Morgan fingerprint density at radius 3 is 2.72 bits per heavy atom. The quantitative estimate of drug-likeness (QED) is 0.767. The molecule has 0 spiro atoms. The summed E-state index contributed by atoms with van der Waals surface area (Å²) in [5.41, 5.74) is 0.685. The zero-order chi connectivity index (χ0) is 13.0. The number of carbonyl (C=O) groups is 2. The predicted octanol–water partition coefficient (Wildman–Crippen LogP) is 2.64. The van der Waals surface area contributed by atoms with Crippen LogP contribution in [0.3, 0.4) is 0 Å². The lowest BCUT2D eigenvalue weighted by atomic mass is 9.82. The van der Waals surface area contributed by atoms with Gasteiger partial charge in [-0.2, -0.15) is 0 Å². The Hall–Kier alpha value is -1.48. The molecule has 2 rings (SSSR count). The summed E-state index contributed by atoms with van der Waals surface area (Å²) < 4.78 is 5.29. The monoisotopic (exact) mass is 246 g/mol. The fraction of sp³-hybridized carbons (Fsp3) is 0.467. The molecule has 0 aromatic heterocycles. The molecule has 0 heterocycles. The number of Topliss-reactive ketones (excluding diaryl/α,β-unsaturated/α-hetero) is 2. The van der Waals surface area contributed by atoms with E-state index in [1.165, 1.54) is 0 Å². The van der Waals surface area contributed by atoms with E-state index in [1.54, 1.807) is 19.2 Å². The lowest BCUT2D eigenvalue weighted by Crippen LogP contribution is -2.30. The van der Waals surface area contributed by atoms with Crippen LogP contribution in [0.25, 0.3) is 0 Å². The van der Waals surface area contributed by atoms with Gasteiger partial charge in [0.05, 0.1) is 6.10 Å². The lowest BCUT2D eigenvalue weighted by molar-refractivity contribution is -0.127. The van der Waals surface area contributed by atoms with Gasteiger partial charge in [0.15, 0.2) is 5.78 Å². The Bertz CT molecular complexity index is 425. The summed E-state index contributed by atoms with van der Waals surface area (Å²) in [6.45, 7) is 0. The molecule has 1 aliphatic rings. The second-order valence-corrected chi connectivity index (χ2v) is 4.79. The van der Waals surface area contributed by atoms with E-state index in [0.29, 0.717) is 24.8 Å². The molecule has 1 aromatic carbocycles. The van der Waals surface area contributed by atoms with Crippen molar-refractivity contribution in [2.75, 3.05) is 7.11 Å². The van der Waals surface area contributed by atoms with Crippen molar-refractivity contribution in [1.29, 1.82) is 0 Å². The first-order chi connectivity index (χ1) is 8.70. The summed E-state index contributed by atoms with van der Waals surface area (Å²) in [5.74, 6) is 0.0784. The first kappa shape index (κ1) is 13.0. The molecule has 0 unspecified atom stereocenters. The van der Waals surface area contributed by atoms with Gasteiger partial charge in [-0.05, 0) is 12.8 Å². The fourth-order valence-corrected chi connectivity index (χ4v) is 2.45. The molecule has 0 N–H and O–H groups in total. The molecule has 0 bridgehead atoms. The summed E-state index contributed by atoms with van der Waals surface area (Å²) in [5, 5.41) is 0. The minimum Gasteiger partial charge on any atom is -0.381 e. The molecule has 96 valence electrons. The number of hydrogen-bond acceptors (Lipinski definition) is 3. The third kappa shape index (κ3) is 3.05. The van der Waals surface area contributed by atoms with Gasteiger partial charge in [-0.3, -0.25) is 9.59 Å². The third-order valence-corrected chi connectivity index (χ3v) is 3.58. The second-order valence-electron chi connectivity index (χ2n) is 4.79. The van der Waals surface area contributed by atoms with Crippen LogP contribution in [0, 0.1) is 5.92 Å². The van der Waals surface area contributed by atoms with Crippen molar-refractivity contribution in [1.82, 2.24) is 0 Å². The number of hydrogen-bond donors (Lipinski definition) is 0. The van der Waals surface area contributed by atoms with Gasteiger partial charge in [0.2, 0.25) is 0 Å². The Balaban J connectivity index is 2.00. The molecule has 1 aliphatic carbocycles. The summed E-state index contributed by atoms with van der Waals surface area (Å²) in [4.78, 5) is 23.9. The Labute approximate surface area is 107 Å². The van der Waals surface area contributed by atoms with E-state index in [4.69, 9.17) is 4.74 Å². The maximum atomic E-state index is 12.1. The third-order valence-electron chi connectivity index (χ3n) is 3.58. The highest BCUT2D eigenvalue weighted by atomic mass is 16.5. The summed E-state index contributed by atoms with van der Waals surface area (Å²) in [7, 11) is 1.66. The van der Waals surface area contributed by atoms with Crippen molar-refractivity contribution in [3.8, 4) is 0 Å². The van der Waals surface area contributed by atoms with Gasteiger partial charge in [-0.15, -0.1) is 0 Å². The average Bonchev–Trinajstić information content (AvgIpc) is 2.42. The fourth-order valence-electron chi connectivity index (χ4n) is 2.45. The number of methoxy groups -OCH3 is 1. The first-order valence-electron chi connectivity index (χ1n) is 6.34. The zero-order valence-corrected chi connectivity index (χ0v) is 10.6. The van der Waals surface area contributed by atoms with Crippen LogP contribution < -0.4 is 0 Å². The molecule has 1 saturated carbocycles. The molecule has 1 fully saturated rings. The molecule has 3 nitrogen and oxygen atoms in total. The Morgan fingerprint density at radius 1 is 1.33 bits per heavy atom. The predicted molar refractivity (Wildman–Crippen MR) is 68.5 cm³/mol. The molecule has 0 amide bonds. The van der Waals surface area contributed by atoms with Crippen molar-refractivity contribution >= 4 is 11.6 Å². The maximum Gasteiger partial charge on any atom is 0.163 e. The topological polar surface area (TPSA) is 43.4 Å². The van der Waals surface area contributed by atoms with Crippen molar-refractivity contribution in [2.45, 2.75) is 31.8 Å². The van der Waals surface area contributed by atoms with Gasteiger partial charge in [0, 0.05) is 31.4 Å². The summed E-state index contributed by atoms with van der Waals surface area (Å²) in [6.07, 6.45) is 2.42. The van der Waals surface area contributed by atoms with E-state index >= 15 is 0 Å². The van der Waals surface area contributed by atoms with E-state index in [2.05, 4.69) is 0 Å². The van der Waals surface area contributed by atoms with Crippen molar-refractivity contribution in [3.05, 3.63) is 35.9 Å². The summed E-state index contributed by atoms with van der Waals surface area (Å²) >= 11 is 0. The molecule has 3 heteroatoms. The first-order valence-corrected chi connectivity index (χ1v) is 6.34. The van der Waals surface area contributed by atoms with E-state index < -0.39 is 0 Å². The van der Waals surface area contributed by atoms with Crippen LogP contribution in [0.15, 0.2) is 30.3 Å². The minimum atomic E-state index is -0.170. The van der Waals surface area contributed by atoms with E-state index in [1.807, 2.05) is 18.2 Å². The van der Waals surface area contributed by atoms with Gasteiger partial charge in [0.1, 0.15) is 5.78 Å². The van der Waals surface area contributed by atoms with Gasteiger partial charge < -0.3 is 4.74 Å². The van der Waals surface area contributed by atoms with Crippen molar-refractivity contribution < 1.29 is 14.3 Å². The van der Waals surface area contributed by atoms with Crippen LogP contribution >= 0.6 is 0 Å². The number of carbonyl (C=O) groups excluding carboxylic acids is 2. The number of ether oxygens (including phenoxy) is 1. The highest BCUT2D eigenvalue weighted by molar-refractivity contribution is 5.99. The zero-order valence-electron chi connectivity index (χ0n) is 10.6. The standard InChI is InChI=1S/C15H18O3/c1-18-13-7-8-14(16)12(9-13)10-15(17)11-5-3-2-4-6-11/h2-6,12-13H,7-10H2,1H3/t12-,13+/m1/s1. The smallest absolute Gasteiger partial charge is 0.163 e. The maximum absolute atomic E-state index is 12.1. The molecule has 0 aliphatic heterocycles. The molecular weight excluding hydrogens is 228 g/mol. The Kier molecular flexibility index (Phi) is 4.26. The van der Waals surface area contributed by atoms with Crippen molar-refractivity contribution in [3.63, 3.8) is 0 Å². The second kappa shape index (κ2) is 5.91. The van der Waals surface area contributed by atoms with Gasteiger partial charge in [-0.1, -0.05) is 30.3 Å². The van der Waals surface area contributed by atoms with Crippen LogP contribution in [0.1, 0.15) is 36.0 Å². The van der Waals surface area contributed by atoms with Crippen LogP contribution in [0.2, 0.25) is 0 Å². The number of rotatable bonds is 4. The lowest BCUT2D eigenvalue weighted by Gasteiger charge is -2.26. The van der Waals surface area contributed by atoms with Crippen LogP contribution in [0.5, 0.6) is 0 Å². The molecular formula is C15H18O3. The van der Waals surface area contributed by atoms with E-state index in [0.717, 1.165) is 6.42 Å². The average molecular weight is 246 g/mol. The van der Waals surface area contributed by atoms with Gasteiger partial charge in [-0.25, -0.2) is 0 Å². The highest BCUT2D eigenvalue weighted by Gasteiger charge is 2.30.